The third kappa shape index (κ3) is 6.15. The molecule has 2 N–H and O–H groups in total. The summed E-state index contributed by atoms with van der Waals surface area (Å²) in [4.78, 5) is 26.4. The molecular formula is C43H42N4O3. The van der Waals surface area contributed by atoms with Crippen molar-refractivity contribution in [3.05, 3.63) is 120 Å². The highest BCUT2D eigenvalue weighted by atomic mass is 16.5. The van der Waals surface area contributed by atoms with Crippen LogP contribution in [-0.4, -0.2) is 35.0 Å². The van der Waals surface area contributed by atoms with Crippen LogP contribution in [0.5, 0.6) is 17.2 Å². The summed E-state index contributed by atoms with van der Waals surface area (Å²) in [6, 6.07) is 32.8. The van der Waals surface area contributed by atoms with Gasteiger partial charge in [-0.3, -0.25) is 4.79 Å². The molecule has 0 amide bonds. The van der Waals surface area contributed by atoms with Crippen LogP contribution in [-0.2, 0) is 5.41 Å². The molecule has 1 aliphatic rings. The second-order valence-electron chi connectivity index (χ2n) is 15.1. The van der Waals surface area contributed by atoms with E-state index < -0.39 is 0 Å². The molecule has 0 fully saturated rings. The number of ether oxygens (including phenoxy) is 1. The summed E-state index contributed by atoms with van der Waals surface area (Å²) in [5.41, 5.74) is 6.95. The number of phenolic OH excluding ortho intramolecular Hbond substituents is 1. The molecule has 0 saturated heterocycles. The van der Waals surface area contributed by atoms with Crippen molar-refractivity contribution < 1.29 is 14.6 Å². The Morgan fingerprint density at radius 1 is 0.780 bits per heavy atom. The van der Waals surface area contributed by atoms with Crippen LogP contribution >= 0.6 is 0 Å². The molecule has 0 spiro atoms. The van der Waals surface area contributed by atoms with E-state index in [0.717, 1.165) is 17.8 Å². The smallest absolute Gasteiger partial charge is 0.196 e. The Balaban J connectivity index is 1.45. The van der Waals surface area contributed by atoms with E-state index in [1.807, 2.05) is 104 Å². The zero-order valence-corrected chi connectivity index (χ0v) is 29.6. The maximum absolute atomic E-state index is 14.3. The summed E-state index contributed by atoms with van der Waals surface area (Å²) < 4.78 is 6.70. The maximum Gasteiger partial charge on any atom is 0.196 e. The molecule has 5 aromatic carbocycles. The van der Waals surface area contributed by atoms with Crippen LogP contribution in [0.2, 0.25) is 0 Å². The number of para-hydroxylation sites is 1. The minimum absolute atomic E-state index is 0.0240. The second-order valence-corrected chi connectivity index (χ2v) is 15.1. The van der Waals surface area contributed by atoms with Crippen molar-refractivity contribution in [2.24, 2.45) is 5.41 Å². The van der Waals surface area contributed by atoms with Gasteiger partial charge >= 0.3 is 0 Å². The van der Waals surface area contributed by atoms with Crippen molar-refractivity contribution >= 4 is 33.7 Å². The number of phenols is 1. The van der Waals surface area contributed by atoms with E-state index in [1.54, 1.807) is 6.07 Å². The van der Waals surface area contributed by atoms with E-state index in [4.69, 9.17) is 14.7 Å². The predicted molar refractivity (Wildman–Crippen MR) is 203 cm³/mol. The van der Waals surface area contributed by atoms with Gasteiger partial charge in [0.1, 0.15) is 17.0 Å². The maximum atomic E-state index is 14.3. The first-order valence-electron chi connectivity index (χ1n) is 16.9. The van der Waals surface area contributed by atoms with Gasteiger partial charge in [0.25, 0.3) is 0 Å². The van der Waals surface area contributed by atoms with Crippen molar-refractivity contribution in [3.63, 3.8) is 0 Å². The number of anilines is 3. The Bertz CT molecular complexity index is 2250. The van der Waals surface area contributed by atoms with Crippen LogP contribution < -0.4 is 15.0 Å². The molecular weight excluding hydrogens is 620 g/mol. The van der Waals surface area contributed by atoms with Crippen molar-refractivity contribution in [3.8, 4) is 39.9 Å². The quantitative estimate of drug-likeness (QED) is 0.167. The number of aromatic nitrogens is 2. The molecule has 252 valence electrons. The number of carbonyl (C=O) groups is 1. The van der Waals surface area contributed by atoms with Crippen molar-refractivity contribution in [2.75, 3.05) is 24.3 Å². The van der Waals surface area contributed by atoms with E-state index in [1.165, 1.54) is 5.56 Å². The Morgan fingerprint density at radius 3 is 2.12 bits per heavy atom. The molecule has 1 aromatic heterocycles. The van der Waals surface area contributed by atoms with Gasteiger partial charge in [0.15, 0.2) is 17.4 Å². The van der Waals surface area contributed by atoms with Gasteiger partial charge in [-0.1, -0.05) is 89.2 Å². The zero-order chi connectivity index (χ0) is 35.4. The number of carbonyl (C=O) groups excluding carboxylic acids is 1. The van der Waals surface area contributed by atoms with Gasteiger partial charge in [0, 0.05) is 54.1 Å². The molecule has 0 atom stereocenters. The number of nitrogens with zero attached hydrogens (tertiary/aromatic N) is 3. The number of aromatic hydroxyl groups is 1. The molecule has 0 saturated carbocycles. The fraction of sp³-hybridized carbons (Fsp3) is 0.233. The Hall–Kier alpha value is -5.69. The lowest BCUT2D eigenvalue weighted by atomic mass is 9.72. The summed E-state index contributed by atoms with van der Waals surface area (Å²) in [6.45, 7) is 11.3. The third-order valence-corrected chi connectivity index (χ3v) is 9.22. The lowest BCUT2D eigenvalue weighted by Gasteiger charge is -2.33. The standard InChI is InChI=1S/C43H42N4O3/c1-42(2,3)25-43(4,5)26-17-20-29(21-18-26)50-35-24-33(44-27-13-9-8-10-14-27)36-37-38(30-15-11-12-16-31(30)40(36)49)45-41(46-39(35)37)32-22-19-28(47(6)7)23-34(32)48/h8-24,44,48H,25H2,1-7H3. The van der Waals surface area contributed by atoms with Crippen LogP contribution in [0.15, 0.2) is 103 Å². The van der Waals surface area contributed by atoms with Crippen molar-refractivity contribution in [1.29, 1.82) is 0 Å². The van der Waals surface area contributed by atoms with Gasteiger partial charge in [-0.05, 0) is 59.2 Å². The Labute approximate surface area is 293 Å². The minimum Gasteiger partial charge on any atom is -0.507 e. The summed E-state index contributed by atoms with van der Waals surface area (Å²) >= 11 is 0. The number of hydrogen-bond acceptors (Lipinski definition) is 7. The Kier molecular flexibility index (Phi) is 8.10. The molecule has 0 bridgehead atoms. The summed E-state index contributed by atoms with van der Waals surface area (Å²) in [6.07, 6.45) is 1.03. The average Bonchev–Trinajstić information content (AvgIpc) is 3.07. The molecule has 0 radical (unpaired) electrons. The summed E-state index contributed by atoms with van der Waals surface area (Å²) in [5, 5.41) is 15.3. The topological polar surface area (TPSA) is 87.6 Å². The number of ketones is 1. The molecule has 0 unspecified atom stereocenters. The molecule has 7 rings (SSSR count). The first kappa shape index (κ1) is 32.8. The fourth-order valence-corrected chi connectivity index (χ4v) is 7.23. The van der Waals surface area contributed by atoms with E-state index in [-0.39, 0.29) is 22.4 Å². The lowest BCUT2D eigenvalue weighted by Crippen LogP contribution is -2.24. The fourth-order valence-electron chi connectivity index (χ4n) is 7.23. The van der Waals surface area contributed by atoms with Crippen molar-refractivity contribution in [2.45, 2.75) is 46.5 Å². The molecule has 7 heteroatoms. The van der Waals surface area contributed by atoms with Gasteiger partial charge in [-0.15, -0.1) is 0 Å². The number of rotatable bonds is 8. The van der Waals surface area contributed by atoms with Gasteiger partial charge in [0.05, 0.1) is 22.5 Å². The molecule has 0 aliphatic heterocycles. The first-order valence-corrected chi connectivity index (χ1v) is 16.9. The first-order chi connectivity index (χ1) is 23.8. The molecule has 50 heavy (non-hydrogen) atoms. The SMILES string of the molecule is CN(C)c1ccc(-c2nc3c4c(c(Nc5ccccc5)cc(Oc5ccc(C(C)(C)CC(C)(C)C)cc5)c4n2)C(=O)c2ccccc2-3)c(O)c1. The van der Waals surface area contributed by atoms with Crippen LogP contribution in [0.1, 0.15) is 62.5 Å². The lowest BCUT2D eigenvalue weighted by molar-refractivity contribution is 0.104. The van der Waals surface area contributed by atoms with Crippen LogP contribution in [0.25, 0.3) is 33.5 Å². The molecule has 1 heterocycles. The number of fused-ring (bicyclic) bond motifs is 2. The van der Waals surface area contributed by atoms with E-state index in [0.29, 0.717) is 61.9 Å². The minimum atomic E-state index is -0.122. The molecule has 6 aromatic rings. The highest BCUT2D eigenvalue weighted by Crippen LogP contribution is 2.47. The average molecular weight is 663 g/mol. The number of nitrogens with one attached hydrogen (secondary N) is 1. The summed E-state index contributed by atoms with van der Waals surface area (Å²) in [7, 11) is 3.84. The second kappa shape index (κ2) is 12.3. The monoisotopic (exact) mass is 662 g/mol. The summed E-state index contributed by atoms with van der Waals surface area (Å²) in [5.74, 6) is 1.37. The van der Waals surface area contributed by atoms with Crippen LogP contribution in [0.4, 0.5) is 17.1 Å². The van der Waals surface area contributed by atoms with Gasteiger partial charge in [-0.2, -0.15) is 0 Å². The largest absolute Gasteiger partial charge is 0.507 e. The molecule has 1 aliphatic carbocycles. The van der Waals surface area contributed by atoms with E-state index in [2.05, 4.69) is 52.1 Å². The zero-order valence-electron chi connectivity index (χ0n) is 29.6. The number of benzene rings is 5. The van der Waals surface area contributed by atoms with E-state index in [9.17, 15) is 9.90 Å². The normalized spacial score (nSPS) is 12.5. The predicted octanol–water partition coefficient (Wildman–Crippen LogP) is 10.5. The van der Waals surface area contributed by atoms with Crippen molar-refractivity contribution in [1.82, 2.24) is 9.97 Å². The van der Waals surface area contributed by atoms with Crippen LogP contribution in [0.3, 0.4) is 0 Å². The molecule has 7 nitrogen and oxygen atoms in total. The van der Waals surface area contributed by atoms with Gasteiger partial charge in [0.2, 0.25) is 0 Å². The van der Waals surface area contributed by atoms with E-state index >= 15 is 0 Å². The van der Waals surface area contributed by atoms with Gasteiger partial charge in [-0.25, -0.2) is 9.97 Å². The third-order valence-electron chi connectivity index (χ3n) is 9.22. The van der Waals surface area contributed by atoms with Crippen LogP contribution in [0, 0.1) is 5.41 Å². The van der Waals surface area contributed by atoms with Gasteiger partial charge < -0.3 is 20.1 Å². The highest BCUT2D eigenvalue weighted by Gasteiger charge is 2.33. The Morgan fingerprint density at radius 2 is 1.46 bits per heavy atom. The highest BCUT2D eigenvalue weighted by molar-refractivity contribution is 6.28. The number of hydrogen-bond donors (Lipinski definition) is 2.